The predicted octanol–water partition coefficient (Wildman–Crippen LogP) is 2.90. The smallest absolute Gasteiger partial charge is 0.263 e. The minimum absolute atomic E-state index is 0.159. The van der Waals surface area contributed by atoms with Gasteiger partial charge in [0.25, 0.3) is 10.0 Å². The molecule has 3 aromatic rings. The molecule has 134 valence electrons. The maximum Gasteiger partial charge on any atom is 0.263 e. The van der Waals surface area contributed by atoms with E-state index in [0.29, 0.717) is 12.4 Å². The third-order valence-corrected chi connectivity index (χ3v) is 5.22. The van der Waals surface area contributed by atoms with Crippen LogP contribution in [0.3, 0.4) is 0 Å². The monoisotopic (exact) mass is 369 g/mol. The van der Waals surface area contributed by atoms with Crippen LogP contribution in [-0.4, -0.2) is 23.6 Å². The number of anilines is 2. The maximum absolute atomic E-state index is 12.5. The quantitative estimate of drug-likeness (QED) is 0.693. The van der Waals surface area contributed by atoms with E-state index in [9.17, 15) is 8.42 Å². The topological polar surface area (TPSA) is 96.9 Å². The first-order valence-corrected chi connectivity index (χ1v) is 9.50. The van der Waals surface area contributed by atoms with Gasteiger partial charge >= 0.3 is 0 Å². The summed E-state index contributed by atoms with van der Waals surface area (Å²) < 4.78 is 27.4. The first-order valence-electron chi connectivity index (χ1n) is 8.02. The first-order chi connectivity index (χ1) is 12.4. The number of benzene rings is 1. The highest BCUT2D eigenvalue weighted by molar-refractivity contribution is 7.92. The Morgan fingerprint density at radius 2 is 1.69 bits per heavy atom. The van der Waals surface area contributed by atoms with Crippen LogP contribution in [0.15, 0.2) is 59.6 Å². The number of aromatic nitrogens is 3. The number of hydrogen-bond acceptors (Lipinski definition) is 6. The number of aryl methyl sites for hydroxylation is 2. The molecule has 0 fully saturated rings. The average molecular weight is 369 g/mol. The molecule has 0 saturated carbocycles. The van der Waals surface area contributed by atoms with Crippen LogP contribution in [0.2, 0.25) is 0 Å². The standard InChI is InChI=1S/C18H19N5O2S/c1-13-6-7-16(11-14(13)2)26(24,25)23-18-9-8-17(21-22-18)20-12-15-5-3-4-10-19-15/h3-11H,12H2,1-2H3,(H,20,21)(H,22,23). The molecule has 0 unspecified atom stereocenters. The highest BCUT2D eigenvalue weighted by Gasteiger charge is 2.15. The molecular weight excluding hydrogens is 350 g/mol. The molecule has 0 aliphatic carbocycles. The van der Waals surface area contributed by atoms with Gasteiger partial charge in [-0.15, -0.1) is 10.2 Å². The van der Waals surface area contributed by atoms with Gasteiger partial charge in [0.05, 0.1) is 17.1 Å². The second kappa shape index (κ2) is 7.49. The van der Waals surface area contributed by atoms with E-state index >= 15 is 0 Å². The van der Waals surface area contributed by atoms with Crippen LogP contribution in [0.1, 0.15) is 16.8 Å². The fourth-order valence-corrected chi connectivity index (χ4v) is 3.32. The van der Waals surface area contributed by atoms with E-state index in [-0.39, 0.29) is 10.7 Å². The van der Waals surface area contributed by atoms with Gasteiger partial charge in [0.1, 0.15) is 5.82 Å². The molecule has 0 bridgehead atoms. The molecule has 0 saturated heterocycles. The van der Waals surface area contributed by atoms with Crippen LogP contribution in [0, 0.1) is 13.8 Å². The van der Waals surface area contributed by atoms with Crippen LogP contribution < -0.4 is 10.0 Å². The lowest BCUT2D eigenvalue weighted by Gasteiger charge is -2.09. The summed E-state index contributed by atoms with van der Waals surface area (Å²) in [6.07, 6.45) is 1.72. The van der Waals surface area contributed by atoms with E-state index in [1.807, 2.05) is 32.0 Å². The molecule has 0 aliphatic heterocycles. The number of hydrogen-bond donors (Lipinski definition) is 2. The van der Waals surface area contributed by atoms with Crippen molar-refractivity contribution >= 4 is 21.7 Å². The minimum atomic E-state index is -3.70. The van der Waals surface area contributed by atoms with Crippen molar-refractivity contribution in [2.45, 2.75) is 25.3 Å². The van der Waals surface area contributed by atoms with Crippen LogP contribution in [0.5, 0.6) is 0 Å². The molecule has 2 heterocycles. The Bertz CT molecular complexity index is 990. The summed E-state index contributed by atoms with van der Waals surface area (Å²) in [7, 11) is -3.70. The zero-order chi connectivity index (χ0) is 18.6. The number of nitrogens with one attached hydrogen (secondary N) is 2. The van der Waals surface area contributed by atoms with Crippen LogP contribution in [-0.2, 0) is 16.6 Å². The van der Waals surface area contributed by atoms with Crippen LogP contribution in [0.25, 0.3) is 0 Å². The third-order valence-electron chi connectivity index (χ3n) is 3.87. The summed E-state index contributed by atoms with van der Waals surface area (Å²) in [5, 5.41) is 11.0. The van der Waals surface area contributed by atoms with Gasteiger partial charge in [-0.3, -0.25) is 9.71 Å². The third kappa shape index (κ3) is 4.34. The molecule has 7 nitrogen and oxygen atoms in total. The molecule has 2 N–H and O–H groups in total. The van der Waals surface area contributed by atoms with E-state index in [2.05, 4.69) is 25.2 Å². The van der Waals surface area contributed by atoms with E-state index in [1.54, 1.807) is 36.5 Å². The summed E-state index contributed by atoms with van der Waals surface area (Å²) >= 11 is 0. The van der Waals surface area contributed by atoms with Crippen molar-refractivity contribution < 1.29 is 8.42 Å². The van der Waals surface area contributed by atoms with Gasteiger partial charge in [-0.25, -0.2) is 8.42 Å². The predicted molar refractivity (Wildman–Crippen MR) is 100 cm³/mol. The molecule has 0 radical (unpaired) electrons. The van der Waals surface area contributed by atoms with Crippen molar-refractivity contribution in [3.05, 3.63) is 71.5 Å². The van der Waals surface area contributed by atoms with E-state index in [4.69, 9.17) is 0 Å². The SMILES string of the molecule is Cc1ccc(S(=O)(=O)Nc2ccc(NCc3ccccn3)nn2)cc1C. The van der Waals surface area contributed by atoms with Crippen molar-refractivity contribution in [3.8, 4) is 0 Å². The lowest BCUT2D eigenvalue weighted by molar-refractivity contribution is 0.601. The van der Waals surface area contributed by atoms with Gasteiger partial charge in [-0.05, 0) is 61.4 Å². The summed E-state index contributed by atoms with van der Waals surface area (Å²) in [6, 6.07) is 13.8. The Labute approximate surface area is 152 Å². The van der Waals surface area contributed by atoms with Crippen molar-refractivity contribution in [3.63, 3.8) is 0 Å². The Kier molecular flexibility index (Phi) is 5.13. The highest BCUT2D eigenvalue weighted by atomic mass is 32.2. The lowest BCUT2D eigenvalue weighted by Crippen LogP contribution is -2.15. The largest absolute Gasteiger partial charge is 0.363 e. The fourth-order valence-electron chi connectivity index (χ4n) is 2.24. The van der Waals surface area contributed by atoms with Crippen LogP contribution in [0.4, 0.5) is 11.6 Å². The second-order valence-corrected chi connectivity index (χ2v) is 7.51. The van der Waals surface area contributed by atoms with Gasteiger partial charge in [0, 0.05) is 6.20 Å². The molecule has 2 aromatic heterocycles. The summed E-state index contributed by atoms with van der Waals surface area (Å²) in [5.74, 6) is 0.691. The molecule has 0 spiro atoms. The molecular formula is C18H19N5O2S. The molecule has 3 rings (SSSR count). The van der Waals surface area contributed by atoms with E-state index < -0.39 is 10.0 Å². The Balaban J connectivity index is 1.67. The van der Waals surface area contributed by atoms with Crippen molar-refractivity contribution in [2.75, 3.05) is 10.0 Å². The summed E-state index contributed by atoms with van der Waals surface area (Å²) in [6.45, 7) is 4.31. The van der Waals surface area contributed by atoms with Crippen molar-refractivity contribution in [2.24, 2.45) is 0 Å². The van der Waals surface area contributed by atoms with E-state index in [1.165, 1.54) is 0 Å². The van der Waals surface area contributed by atoms with Gasteiger partial charge in [-0.2, -0.15) is 0 Å². The second-order valence-electron chi connectivity index (χ2n) is 5.83. The highest BCUT2D eigenvalue weighted by Crippen LogP contribution is 2.18. The summed E-state index contributed by atoms with van der Waals surface area (Å²) in [4.78, 5) is 4.40. The number of nitrogens with zero attached hydrogens (tertiary/aromatic N) is 3. The number of rotatable bonds is 6. The number of sulfonamides is 1. The molecule has 0 amide bonds. The maximum atomic E-state index is 12.5. The number of pyridine rings is 1. The molecule has 1 aromatic carbocycles. The van der Waals surface area contributed by atoms with Gasteiger partial charge in [0.15, 0.2) is 5.82 Å². The lowest BCUT2D eigenvalue weighted by atomic mass is 10.1. The van der Waals surface area contributed by atoms with Gasteiger partial charge < -0.3 is 5.32 Å². The van der Waals surface area contributed by atoms with E-state index in [0.717, 1.165) is 16.8 Å². The molecule has 0 aliphatic rings. The Morgan fingerprint density at radius 1 is 0.923 bits per heavy atom. The van der Waals surface area contributed by atoms with Gasteiger partial charge in [0.2, 0.25) is 0 Å². The Morgan fingerprint density at radius 3 is 2.35 bits per heavy atom. The molecule has 0 atom stereocenters. The van der Waals surface area contributed by atoms with Crippen molar-refractivity contribution in [1.29, 1.82) is 0 Å². The zero-order valence-electron chi connectivity index (χ0n) is 14.5. The fraction of sp³-hybridized carbons (Fsp3) is 0.167. The molecule has 26 heavy (non-hydrogen) atoms. The zero-order valence-corrected chi connectivity index (χ0v) is 15.3. The normalized spacial score (nSPS) is 11.2. The first kappa shape index (κ1) is 17.8. The van der Waals surface area contributed by atoms with Crippen molar-refractivity contribution in [1.82, 2.24) is 15.2 Å². The molecule has 8 heteroatoms. The van der Waals surface area contributed by atoms with Gasteiger partial charge in [-0.1, -0.05) is 12.1 Å². The Hall–Kier alpha value is -3.00. The average Bonchev–Trinajstić information content (AvgIpc) is 2.64. The minimum Gasteiger partial charge on any atom is -0.363 e. The summed E-state index contributed by atoms with van der Waals surface area (Å²) in [5.41, 5.74) is 2.81. The van der Waals surface area contributed by atoms with Crippen LogP contribution >= 0.6 is 0 Å².